The zero-order valence-electron chi connectivity index (χ0n) is 12.1. The number of carbonyl (C=O) groups is 1. The Hall–Kier alpha value is -1.66. The maximum Gasteiger partial charge on any atom is 0.288 e. The van der Waals surface area contributed by atoms with Crippen molar-refractivity contribution in [1.82, 2.24) is 9.80 Å². The van der Waals surface area contributed by atoms with E-state index in [0.29, 0.717) is 6.54 Å². The van der Waals surface area contributed by atoms with E-state index in [1.54, 1.807) is 11.0 Å². The first-order valence-electron chi connectivity index (χ1n) is 6.84. The van der Waals surface area contributed by atoms with Crippen LogP contribution in [-0.4, -0.2) is 53.4 Å². The standard InChI is InChI=1S/C14H18ClN3O3/c1-10-9-16(2)7-4-8-17(10)14(19)11-5-3-6-12(13(11)15)18(20)21/h3,5-6,10H,4,7-9H2,1-2H3. The van der Waals surface area contributed by atoms with Gasteiger partial charge in [-0.1, -0.05) is 17.7 Å². The monoisotopic (exact) mass is 311 g/mol. The molecule has 6 nitrogen and oxygen atoms in total. The molecule has 0 bridgehead atoms. The molecule has 2 rings (SSSR count). The third kappa shape index (κ3) is 3.33. The zero-order valence-corrected chi connectivity index (χ0v) is 12.8. The summed E-state index contributed by atoms with van der Waals surface area (Å²) in [6.07, 6.45) is 0.874. The van der Waals surface area contributed by atoms with Gasteiger partial charge in [0.15, 0.2) is 0 Å². The molecule has 1 aromatic carbocycles. The molecule has 1 aliphatic heterocycles. The van der Waals surface area contributed by atoms with Crippen LogP contribution in [0.2, 0.25) is 5.02 Å². The molecule has 1 unspecified atom stereocenters. The highest BCUT2D eigenvalue weighted by atomic mass is 35.5. The Balaban J connectivity index is 2.31. The van der Waals surface area contributed by atoms with E-state index in [4.69, 9.17) is 11.6 Å². The highest BCUT2D eigenvalue weighted by molar-refractivity contribution is 6.35. The van der Waals surface area contributed by atoms with Crippen LogP contribution in [0.4, 0.5) is 5.69 Å². The second kappa shape index (κ2) is 6.41. The molecular formula is C14H18ClN3O3. The molecule has 0 saturated carbocycles. The van der Waals surface area contributed by atoms with Crippen molar-refractivity contribution >= 4 is 23.2 Å². The van der Waals surface area contributed by atoms with Crippen LogP contribution in [0.5, 0.6) is 0 Å². The average molecular weight is 312 g/mol. The second-order valence-corrected chi connectivity index (χ2v) is 5.74. The Morgan fingerprint density at radius 3 is 2.81 bits per heavy atom. The van der Waals surface area contributed by atoms with Gasteiger partial charge in [0.25, 0.3) is 11.6 Å². The number of likely N-dealkylation sites (N-methyl/N-ethyl adjacent to an activating group) is 1. The van der Waals surface area contributed by atoms with E-state index in [1.165, 1.54) is 12.1 Å². The van der Waals surface area contributed by atoms with Crippen molar-refractivity contribution in [2.75, 3.05) is 26.7 Å². The SMILES string of the molecule is CC1CN(C)CCCN1C(=O)c1cccc([N+](=O)[O-])c1Cl. The second-order valence-electron chi connectivity index (χ2n) is 5.36. The lowest BCUT2D eigenvalue weighted by Gasteiger charge is -2.28. The van der Waals surface area contributed by atoms with Crippen molar-refractivity contribution in [3.8, 4) is 0 Å². The maximum absolute atomic E-state index is 12.7. The van der Waals surface area contributed by atoms with Crippen LogP contribution in [0.3, 0.4) is 0 Å². The first-order chi connectivity index (χ1) is 9.91. The summed E-state index contributed by atoms with van der Waals surface area (Å²) in [5, 5.41) is 10.8. The zero-order chi connectivity index (χ0) is 15.6. The third-order valence-electron chi connectivity index (χ3n) is 3.71. The molecular weight excluding hydrogens is 294 g/mol. The maximum atomic E-state index is 12.7. The molecule has 1 atom stereocenters. The molecule has 21 heavy (non-hydrogen) atoms. The minimum atomic E-state index is -0.571. The number of rotatable bonds is 2. The fourth-order valence-electron chi connectivity index (χ4n) is 2.65. The molecule has 1 amide bonds. The Labute approximate surface area is 128 Å². The van der Waals surface area contributed by atoms with E-state index in [1.807, 2.05) is 14.0 Å². The van der Waals surface area contributed by atoms with E-state index in [9.17, 15) is 14.9 Å². The Bertz CT molecular complexity index is 564. The van der Waals surface area contributed by atoms with Gasteiger partial charge >= 0.3 is 0 Å². The van der Waals surface area contributed by atoms with Gasteiger partial charge in [0.1, 0.15) is 5.02 Å². The smallest absolute Gasteiger partial charge is 0.288 e. The van der Waals surface area contributed by atoms with Crippen LogP contribution in [0.15, 0.2) is 18.2 Å². The topological polar surface area (TPSA) is 66.7 Å². The minimum Gasteiger partial charge on any atom is -0.335 e. The number of amides is 1. The summed E-state index contributed by atoms with van der Waals surface area (Å²) in [5.74, 6) is -0.244. The number of carbonyl (C=O) groups excluding carboxylic acids is 1. The summed E-state index contributed by atoms with van der Waals surface area (Å²) in [5.41, 5.74) is -0.0376. The first kappa shape index (κ1) is 15.7. The fourth-order valence-corrected chi connectivity index (χ4v) is 2.93. The lowest BCUT2D eigenvalue weighted by Crippen LogP contribution is -2.42. The Morgan fingerprint density at radius 1 is 1.43 bits per heavy atom. The summed E-state index contributed by atoms with van der Waals surface area (Å²) >= 11 is 6.04. The third-order valence-corrected chi connectivity index (χ3v) is 4.11. The molecule has 0 radical (unpaired) electrons. The molecule has 0 aromatic heterocycles. The predicted octanol–water partition coefficient (Wildman–Crippen LogP) is 2.41. The van der Waals surface area contributed by atoms with Crippen molar-refractivity contribution in [3.05, 3.63) is 38.9 Å². The lowest BCUT2D eigenvalue weighted by atomic mass is 10.1. The molecule has 1 saturated heterocycles. The van der Waals surface area contributed by atoms with Crippen LogP contribution in [-0.2, 0) is 0 Å². The molecule has 7 heteroatoms. The van der Waals surface area contributed by atoms with Crippen LogP contribution in [0.1, 0.15) is 23.7 Å². The molecule has 1 fully saturated rings. The highest BCUT2D eigenvalue weighted by Gasteiger charge is 2.28. The normalized spacial score (nSPS) is 20.1. The quantitative estimate of drug-likeness (QED) is 0.621. The van der Waals surface area contributed by atoms with E-state index in [2.05, 4.69) is 4.90 Å². The van der Waals surface area contributed by atoms with Crippen molar-refractivity contribution in [1.29, 1.82) is 0 Å². The largest absolute Gasteiger partial charge is 0.335 e. The molecule has 0 aliphatic carbocycles. The van der Waals surface area contributed by atoms with Gasteiger partial charge in [0.05, 0.1) is 10.5 Å². The average Bonchev–Trinajstić information content (AvgIpc) is 2.58. The molecule has 114 valence electrons. The molecule has 0 N–H and O–H groups in total. The number of nitro groups is 1. The van der Waals surface area contributed by atoms with Crippen molar-refractivity contribution < 1.29 is 9.72 Å². The summed E-state index contributed by atoms with van der Waals surface area (Å²) in [7, 11) is 2.02. The minimum absolute atomic E-state index is 0.0420. The molecule has 1 heterocycles. The van der Waals surface area contributed by atoms with Crippen molar-refractivity contribution in [2.24, 2.45) is 0 Å². The number of nitro benzene ring substituents is 1. The number of benzene rings is 1. The van der Waals surface area contributed by atoms with Gasteiger partial charge in [-0.3, -0.25) is 14.9 Å². The van der Waals surface area contributed by atoms with E-state index >= 15 is 0 Å². The van der Waals surface area contributed by atoms with E-state index in [0.717, 1.165) is 19.5 Å². The Kier molecular flexibility index (Phi) is 4.80. The van der Waals surface area contributed by atoms with Gasteiger partial charge in [-0.25, -0.2) is 0 Å². The molecule has 1 aromatic rings. The van der Waals surface area contributed by atoms with Gasteiger partial charge in [-0.15, -0.1) is 0 Å². The number of hydrogen-bond donors (Lipinski definition) is 0. The summed E-state index contributed by atoms with van der Waals surface area (Å²) in [6, 6.07) is 4.38. The lowest BCUT2D eigenvalue weighted by molar-refractivity contribution is -0.384. The number of nitrogens with zero attached hydrogens (tertiary/aromatic N) is 3. The molecule has 1 aliphatic rings. The van der Waals surface area contributed by atoms with Crippen molar-refractivity contribution in [2.45, 2.75) is 19.4 Å². The van der Waals surface area contributed by atoms with Gasteiger partial charge in [0, 0.05) is 25.2 Å². The van der Waals surface area contributed by atoms with Gasteiger partial charge < -0.3 is 9.80 Å². The Morgan fingerprint density at radius 2 is 2.14 bits per heavy atom. The van der Waals surface area contributed by atoms with Crippen LogP contribution >= 0.6 is 11.6 Å². The van der Waals surface area contributed by atoms with E-state index < -0.39 is 4.92 Å². The van der Waals surface area contributed by atoms with Crippen LogP contribution < -0.4 is 0 Å². The van der Waals surface area contributed by atoms with E-state index in [-0.39, 0.29) is 28.2 Å². The highest BCUT2D eigenvalue weighted by Crippen LogP contribution is 2.29. The number of hydrogen-bond acceptors (Lipinski definition) is 4. The summed E-state index contributed by atoms with van der Waals surface area (Å²) in [6.45, 7) is 4.31. The summed E-state index contributed by atoms with van der Waals surface area (Å²) < 4.78 is 0. The first-order valence-corrected chi connectivity index (χ1v) is 7.22. The van der Waals surface area contributed by atoms with Crippen LogP contribution in [0.25, 0.3) is 0 Å². The van der Waals surface area contributed by atoms with Gasteiger partial charge in [-0.05, 0) is 33.0 Å². The fraction of sp³-hybridized carbons (Fsp3) is 0.500. The van der Waals surface area contributed by atoms with Crippen molar-refractivity contribution in [3.63, 3.8) is 0 Å². The van der Waals surface area contributed by atoms with Gasteiger partial charge in [0.2, 0.25) is 0 Å². The summed E-state index contributed by atoms with van der Waals surface area (Å²) in [4.78, 5) is 26.9. The van der Waals surface area contributed by atoms with Gasteiger partial charge in [-0.2, -0.15) is 0 Å². The molecule has 0 spiro atoms. The number of halogens is 1. The van der Waals surface area contributed by atoms with Crippen LogP contribution in [0, 0.1) is 10.1 Å². The predicted molar refractivity (Wildman–Crippen MR) is 80.7 cm³/mol.